The minimum absolute atomic E-state index is 0.318. The number of benzene rings is 2. The van der Waals surface area contributed by atoms with Gasteiger partial charge < -0.3 is 5.32 Å². The van der Waals surface area contributed by atoms with E-state index in [-0.39, 0.29) is 0 Å². The molecule has 4 rings (SSSR count). The van der Waals surface area contributed by atoms with E-state index in [4.69, 9.17) is 0 Å². The summed E-state index contributed by atoms with van der Waals surface area (Å²) in [5.41, 5.74) is 1.98. The normalized spacial score (nSPS) is 14.1. The van der Waals surface area contributed by atoms with Gasteiger partial charge in [0.1, 0.15) is 11.9 Å². The maximum atomic E-state index is 12.6. The summed E-state index contributed by atoms with van der Waals surface area (Å²) in [7, 11) is 0. The Labute approximate surface area is 160 Å². The van der Waals surface area contributed by atoms with Crippen LogP contribution < -0.4 is 5.32 Å². The van der Waals surface area contributed by atoms with Gasteiger partial charge in [0.25, 0.3) is 11.8 Å². The number of imide groups is 1. The Kier molecular flexibility index (Phi) is 4.23. The van der Waals surface area contributed by atoms with Crippen LogP contribution in [0.2, 0.25) is 0 Å². The highest BCUT2D eigenvalue weighted by Gasteiger charge is 2.40. The van der Waals surface area contributed by atoms with E-state index in [1.807, 2.05) is 6.92 Å². The van der Waals surface area contributed by atoms with Gasteiger partial charge in [0.2, 0.25) is 5.91 Å². The molecule has 1 aliphatic heterocycles. The van der Waals surface area contributed by atoms with Crippen molar-refractivity contribution in [3.8, 4) is 11.4 Å². The number of hydrogen-bond acceptors (Lipinski definition) is 5. The monoisotopic (exact) mass is 375 g/mol. The van der Waals surface area contributed by atoms with Crippen molar-refractivity contribution in [2.24, 2.45) is 0 Å². The summed E-state index contributed by atoms with van der Waals surface area (Å²) in [5, 5.41) is 9.60. The number of nitrogens with zero attached hydrogens (tertiary/aromatic N) is 3. The van der Waals surface area contributed by atoms with Crippen molar-refractivity contribution >= 4 is 23.4 Å². The highest BCUT2D eigenvalue weighted by molar-refractivity contribution is 6.23. The second kappa shape index (κ2) is 6.73. The molecular formula is C20H17N5O3. The second-order valence-corrected chi connectivity index (χ2v) is 6.51. The average molecular weight is 375 g/mol. The van der Waals surface area contributed by atoms with Crippen molar-refractivity contribution < 1.29 is 14.4 Å². The SMILES string of the molecule is Cc1nc(-c2ccc(NC(=O)C(C)N3C(=O)c4ccccc4C3=O)cc2)n[nH]1. The number of fused-ring (bicyclic) bond motifs is 1. The van der Waals surface area contributed by atoms with Crippen molar-refractivity contribution in [3.63, 3.8) is 0 Å². The fourth-order valence-electron chi connectivity index (χ4n) is 3.10. The summed E-state index contributed by atoms with van der Waals surface area (Å²) in [6.45, 7) is 3.34. The van der Waals surface area contributed by atoms with Gasteiger partial charge in [0.05, 0.1) is 11.1 Å². The molecule has 0 spiro atoms. The molecule has 2 heterocycles. The standard InChI is InChI=1S/C20H17N5O3/c1-11(25-19(27)15-5-3-4-6-16(15)20(25)28)18(26)22-14-9-7-13(8-10-14)17-21-12(2)23-24-17/h3-11H,1-2H3,(H,22,26)(H,21,23,24). The average Bonchev–Trinajstić information content (AvgIpc) is 3.24. The molecule has 1 aliphatic rings. The minimum Gasteiger partial charge on any atom is -0.324 e. The lowest BCUT2D eigenvalue weighted by Gasteiger charge is -2.21. The molecule has 1 unspecified atom stereocenters. The zero-order valence-corrected chi connectivity index (χ0v) is 15.3. The van der Waals surface area contributed by atoms with Crippen LogP contribution in [0.25, 0.3) is 11.4 Å². The lowest BCUT2D eigenvalue weighted by atomic mass is 10.1. The fraction of sp³-hybridized carbons (Fsp3) is 0.150. The van der Waals surface area contributed by atoms with E-state index in [2.05, 4.69) is 20.5 Å². The van der Waals surface area contributed by atoms with Crippen molar-refractivity contribution in [2.75, 3.05) is 5.32 Å². The Hall–Kier alpha value is -3.81. The number of aryl methyl sites for hydroxylation is 1. The summed E-state index contributed by atoms with van der Waals surface area (Å²) in [6.07, 6.45) is 0. The topological polar surface area (TPSA) is 108 Å². The number of anilines is 1. The minimum atomic E-state index is -0.942. The number of aromatic amines is 1. The fourth-order valence-corrected chi connectivity index (χ4v) is 3.10. The number of rotatable bonds is 4. The van der Waals surface area contributed by atoms with Crippen molar-refractivity contribution in [1.82, 2.24) is 20.1 Å². The van der Waals surface area contributed by atoms with Crippen LogP contribution in [-0.4, -0.2) is 43.8 Å². The maximum Gasteiger partial charge on any atom is 0.262 e. The number of amides is 3. The van der Waals surface area contributed by atoms with Crippen LogP contribution in [0, 0.1) is 6.92 Å². The summed E-state index contributed by atoms with van der Waals surface area (Å²) in [5.74, 6) is -0.0925. The molecule has 28 heavy (non-hydrogen) atoms. The van der Waals surface area contributed by atoms with Crippen LogP contribution in [-0.2, 0) is 4.79 Å². The summed E-state index contributed by atoms with van der Waals surface area (Å²) in [6, 6.07) is 12.6. The number of carbonyl (C=O) groups excluding carboxylic acids is 3. The van der Waals surface area contributed by atoms with Crippen LogP contribution >= 0.6 is 0 Å². The predicted molar refractivity (Wildman–Crippen MR) is 102 cm³/mol. The van der Waals surface area contributed by atoms with Crippen molar-refractivity contribution in [2.45, 2.75) is 19.9 Å². The molecule has 3 amide bonds. The van der Waals surface area contributed by atoms with E-state index in [1.165, 1.54) is 6.92 Å². The Morgan fingerprint density at radius 1 is 1.04 bits per heavy atom. The van der Waals surface area contributed by atoms with Gasteiger partial charge in [-0.05, 0) is 50.2 Å². The van der Waals surface area contributed by atoms with Crippen LogP contribution in [0.5, 0.6) is 0 Å². The summed E-state index contributed by atoms with van der Waals surface area (Å²) in [4.78, 5) is 42.9. The maximum absolute atomic E-state index is 12.6. The van der Waals surface area contributed by atoms with E-state index < -0.39 is 23.8 Å². The van der Waals surface area contributed by atoms with Crippen LogP contribution in [0.1, 0.15) is 33.5 Å². The van der Waals surface area contributed by atoms with Gasteiger partial charge in [0, 0.05) is 11.3 Å². The van der Waals surface area contributed by atoms with Crippen molar-refractivity contribution in [3.05, 3.63) is 65.5 Å². The van der Waals surface area contributed by atoms with E-state index in [9.17, 15) is 14.4 Å². The zero-order chi connectivity index (χ0) is 19.8. The lowest BCUT2D eigenvalue weighted by Crippen LogP contribution is -2.45. The molecular weight excluding hydrogens is 358 g/mol. The third-order valence-electron chi connectivity index (χ3n) is 4.60. The molecule has 140 valence electrons. The number of carbonyl (C=O) groups is 3. The number of aromatic nitrogens is 3. The van der Waals surface area contributed by atoms with Crippen LogP contribution in [0.15, 0.2) is 48.5 Å². The first-order valence-corrected chi connectivity index (χ1v) is 8.73. The Bertz CT molecular complexity index is 1050. The highest BCUT2D eigenvalue weighted by Crippen LogP contribution is 2.25. The molecule has 0 fully saturated rings. The van der Waals surface area contributed by atoms with Gasteiger partial charge in [-0.25, -0.2) is 4.98 Å². The molecule has 2 N–H and O–H groups in total. The molecule has 0 bridgehead atoms. The number of H-pyrrole nitrogens is 1. The van der Waals surface area contributed by atoms with E-state index in [1.54, 1.807) is 48.5 Å². The summed E-state index contributed by atoms with van der Waals surface area (Å²) >= 11 is 0. The van der Waals surface area contributed by atoms with Crippen LogP contribution in [0.3, 0.4) is 0 Å². The van der Waals surface area contributed by atoms with Gasteiger partial charge >= 0.3 is 0 Å². The van der Waals surface area contributed by atoms with E-state index >= 15 is 0 Å². The molecule has 0 radical (unpaired) electrons. The molecule has 0 saturated carbocycles. The Balaban J connectivity index is 1.48. The smallest absolute Gasteiger partial charge is 0.262 e. The molecule has 8 nitrogen and oxygen atoms in total. The number of nitrogens with one attached hydrogen (secondary N) is 2. The largest absolute Gasteiger partial charge is 0.324 e. The summed E-state index contributed by atoms with van der Waals surface area (Å²) < 4.78 is 0. The number of hydrogen-bond donors (Lipinski definition) is 2. The van der Waals surface area contributed by atoms with E-state index in [0.717, 1.165) is 10.5 Å². The second-order valence-electron chi connectivity index (χ2n) is 6.51. The van der Waals surface area contributed by atoms with Gasteiger partial charge in [-0.1, -0.05) is 12.1 Å². The Morgan fingerprint density at radius 3 is 2.18 bits per heavy atom. The predicted octanol–water partition coefficient (Wildman–Crippen LogP) is 2.40. The van der Waals surface area contributed by atoms with Gasteiger partial charge in [0.15, 0.2) is 5.82 Å². The third kappa shape index (κ3) is 2.94. The molecule has 1 atom stereocenters. The lowest BCUT2D eigenvalue weighted by molar-refractivity contribution is -0.119. The zero-order valence-electron chi connectivity index (χ0n) is 15.3. The first-order valence-electron chi connectivity index (χ1n) is 8.73. The van der Waals surface area contributed by atoms with Gasteiger partial charge in [-0.3, -0.25) is 24.4 Å². The van der Waals surface area contributed by atoms with Gasteiger partial charge in [-0.2, -0.15) is 5.10 Å². The quantitative estimate of drug-likeness (QED) is 0.681. The first kappa shape index (κ1) is 17.6. The molecule has 1 aromatic heterocycles. The molecule has 8 heteroatoms. The molecule has 0 aliphatic carbocycles. The molecule has 3 aromatic rings. The van der Waals surface area contributed by atoms with E-state index in [0.29, 0.717) is 28.5 Å². The van der Waals surface area contributed by atoms with Crippen molar-refractivity contribution in [1.29, 1.82) is 0 Å². The first-order chi connectivity index (χ1) is 13.5. The molecule has 2 aromatic carbocycles. The third-order valence-corrected chi connectivity index (χ3v) is 4.60. The Morgan fingerprint density at radius 2 is 1.64 bits per heavy atom. The van der Waals surface area contributed by atoms with Crippen LogP contribution in [0.4, 0.5) is 5.69 Å². The van der Waals surface area contributed by atoms with Gasteiger partial charge in [-0.15, -0.1) is 0 Å². The molecule has 0 saturated heterocycles. The highest BCUT2D eigenvalue weighted by atomic mass is 16.2.